The first-order valence-corrected chi connectivity index (χ1v) is 11.9. The average molecular weight is 491 g/mol. The molecule has 2 aliphatic rings. The first-order chi connectivity index (χ1) is 18.2. The van der Waals surface area contributed by atoms with Crippen molar-refractivity contribution in [2.75, 3.05) is 36.5 Å². The molecule has 0 radical (unpaired) electrons. The zero-order valence-corrected chi connectivity index (χ0v) is 19.8. The van der Waals surface area contributed by atoms with Crippen molar-refractivity contribution in [3.05, 3.63) is 96.2 Å². The van der Waals surface area contributed by atoms with Gasteiger partial charge in [0.25, 0.3) is 0 Å². The Kier molecular flexibility index (Phi) is 5.95. The number of morpholine rings is 1. The van der Waals surface area contributed by atoms with E-state index >= 15 is 0 Å². The Hall–Kier alpha value is -4.76. The number of aromatic nitrogens is 4. The summed E-state index contributed by atoms with van der Waals surface area (Å²) in [6.45, 7) is 3.07. The second-order valence-corrected chi connectivity index (χ2v) is 8.57. The second kappa shape index (κ2) is 9.71. The molecule has 6 rings (SSSR count). The van der Waals surface area contributed by atoms with Crippen molar-refractivity contribution < 1.29 is 14.3 Å². The summed E-state index contributed by atoms with van der Waals surface area (Å²) < 4.78 is 5.42. The van der Waals surface area contributed by atoms with E-state index in [9.17, 15) is 9.59 Å². The van der Waals surface area contributed by atoms with E-state index in [0.717, 1.165) is 18.8 Å². The van der Waals surface area contributed by atoms with Crippen LogP contribution in [-0.4, -0.2) is 57.8 Å². The molecule has 1 aromatic carbocycles. The summed E-state index contributed by atoms with van der Waals surface area (Å²) >= 11 is 0. The van der Waals surface area contributed by atoms with Crippen LogP contribution in [0.1, 0.15) is 21.0 Å². The molecule has 3 aromatic heterocycles. The Morgan fingerprint density at radius 1 is 0.730 bits per heavy atom. The van der Waals surface area contributed by atoms with Crippen LogP contribution < -0.4 is 10.2 Å². The van der Waals surface area contributed by atoms with Crippen LogP contribution in [0.4, 0.5) is 11.4 Å². The fourth-order valence-corrected chi connectivity index (χ4v) is 4.35. The third-order valence-corrected chi connectivity index (χ3v) is 6.20. The van der Waals surface area contributed by atoms with E-state index in [0.29, 0.717) is 41.7 Å². The number of carbonyl (C=O) groups excluding carboxylic acids is 2. The van der Waals surface area contributed by atoms with E-state index < -0.39 is 11.6 Å². The van der Waals surface area contributed by atoms with Crippen LogP contribution in [0, 0.1) is 0 Å². The average Bonchev–Trinajstić information content (AvgIpc) is 2.97. The number of Topliss-reactive ketones (excluding diaryl/α,β-unsaturated/α-hetero) is 1. The number of hydrogen-bond acceptors (Lipinski definition) is 9. The number of nitrogens with zero attached hydrogens (tertiary/aromatic N) is 5. The van der Waals surface area contributed by atoms with Crippen molar-refractivity contribution in [1.82, 2.24) is 19.9 Å². The fraction of sp³-hybridized carbons (Fsp3) is 0.143. The number of carbonyl (C=O) groups is 2. The van der Waals surface area contributed by atoms with Gasteiger partial charge in [-0.25, -0.2) is 9.97 Å². The van der Waals surface area contributed by atoms with Gasteiger partial charge in [0.15, 0.2) is 0 Å². The normalized spacial score (nSPS) is 15.2. The third kappa shape index (κ3) is 4.48. The molecule has 0 saturated carbocycles. The van der Waals surface area contributed by atoms with Crippen molar-refractivity contribution in [3.63, 3.8) is 0 Å². The Labute approximate surface area is 212 Å². The van der Waals surface area contributed by atoms with Gasteiger partial charge in [-0.1, -0.05) is 12.1 Å². The molecule has 1 N–H and O–H groups in total. The number of rotatable bonds is 5. The number of anilines is 2. The van der Waals surface area contributed by atoms with E-state index in [4.69, 9.17) is 4.74 Å². The molecule has 9 nitrogen and oxygen atoms in total. The summed E-state index contributed by atoms with van der Waals surface area (Å²) in [6, 6.07) is 18.5. The van der Waals surface area contributed by atoms with E-state index in [2.05, 4.69) is 30.2 Å². The Balaban J connectivity index is 1.34. The van der Waals surface area contributed by atoms with Gasteiger partial charge in [0.05, 0.1) is 30.3 Å². The molecular formula is C28H22N6O3. The minimum Gasteiger partial charge on any atom is -0.378 e. The van der Waals surface area contributed by atoms with Gasteiger partial charge in [-0.15, -0.1) is 0 Å². The summed E-state index contributed by atoms with van der Waals surface area (Å²) in [5.74, 6) is -0.816. The molecular weight excluding hydrogens is 468 g/mol. The molecule has 0 spiro atoms. The molecule has 1 fully saturated rings. The molecule has 4 aromatic rings. The lowest BCUT2D eigenvalue weighted by Crippen LogP contribution is -2.36. The number of fused-ring (bicyclic) bond motifs is 1. The monoisotopic (exact) mass is 490 g/mol. The maximum atomic E-state index is 13.5. The minimum atomic E-state index is -0.413. The van der Waals surface area contributed by atoms with Crippen molar-refractivity contribution in [3.8, 4) is 22.8 Å². The van der Waals surface area contributed by atoms with Crippen molar-refractivity contribution in [2.24, 2.45) is 0 Å². The van der Waals surface area contributed by atoms with Gasteiger partial charge in [-0.3, -0.25) is 19.6 Å². The molecule has 1 aliphatic carbocycles. The highest BCUT2D eigenvalue weighted by molar-refractivity contribution is 6.24. The SMILES string of the molecule is O=C1C=C(Nc2ccc(N3CCOCC3)cc2)C(=O)c2nc(-c3ccccn3)c(-c3ccccn3)nc21. The van der Waals surface area contributed by atoms with Crippen molar-refractivity contribution in [2.45, 2.75) is 0 Å². The minimum absolute atomic E-state index is 0.00134. The maximum Gasteiger partial charge on any atom is 0.230 e. The fourth-order valence-electron chi connectivity index (χ4n) is 4.35. The molecule has 0 unspecified atom stereocenters. The standard InChI is InChI=1S/C28H22N6O3/c35-23-17-22(31-18-7-9-19(10-8-18)34-13-15-37-16-14-34)28(36)27-26(23)32-24(20-5-1-3-11-29-20)25(33-27)21-6-2-4-12-30-21/h1-12,17,31H,13-16H2. The van der Waals surface area contributed by atoms with Crippen molar-refractivity contribution >= 4 is 22.9 Å². The number of ketones is 2. The number of allylic oxidation sites excluding steroid dienone is 2. The molecule has 9 heteroatoms. The highest BCUT2D eigenvalue weighted by atomic mass is 16.5. The van der Waals surface area contributed by atoms with Gasteiger partial charge in [0.1, 0.15) is 22.8 Å². The number of nitrogens with one attached hydrogen (secondary N) is 1. The van der Waals surface area contributed by atoms with Gasteiger partial charge in [0.2, 0.25) is 11.6 Å². The smallest absolute Gasteiger partial charge is 0.230 e. The van der Waals surface area contributed by atoms with Crippen LogP contribution in [0.15, 0.2) is 84.8 Å². The number of benzene rings is 1. The highest BCUT2D eigenvalue weighted by Gasteiger charge is 2.31. The van der Waals surface area contributed by atoms with Crippen LogP contribution in [-0.2, 0) is 4.74 Å². The molecule has 1 saturated heterocycles. The van der Waals surface area contributed by atoms with E-state index in [1.807, 2.05) is 36.4 Å². The Morgan fingerprint density at radius 3 is 1.95 bits per heavy atom. The lowest BCUT2D eigenvalue weighted by molar-refractivity contribution is 0.0978. The van der Waals surface area contributed by atoms with Crippen molar-refractivity contribution in [1.29, 1.82) is 0 Å². The predicted octanol–water partition coefficient (Wildman–Crippen LogP) is 3.81. The van der Waals surface area contributed by atoms with E-state index in [1.54, 1.807) is 36.7 Å². The molecule has 4 heterocycles. The molecule has 182 valence electrons. The molecule has 37 heavy (non-hydrogen) atoms. The summed E-state index contributed by atoms with van der Waals surface area (Å²) in [6.07, 6.45) is 4.55. The van der Waals surface area contributed by atoms with Gasteiger partial charge in [0, 0.05) is 42.9 Å². The third-order valence-electron chi connectivity index (χ3n) is 6.20. The van der Waals surface area contributed by atoms with Gasteiger partial charge >= 0.3 is 0 Å². The lowest BCUT2D eigenvalue weighted by Gasteiger charge is -2.29. The summed E-state index contributed by atoms with van der Waals surface area (Å²) in [5.41, 5.74) is 3.73. The summed E-state index contributed by atoms with van der Waals surface area (Å²) in [4.78, 5) is 46.8. The first-order valence-electron chi connectivity index (χ1n) is 11.9. The zero-order valence-electron chi connectivity index (χ0n) is 19.8. The number of ether oxygens (including phenoxy) is 1. The van der Waals surface area contributed by atoms with Gasteiger partial charge in [-0.05, 0) is 48.5 Å². The first kappa shape index (κ1) is 22.7. The van der Waals surface area contributed by atoms with E-state index in [-0.39, 0.29) is 17.1 Å². The summed E-state index contributed by atoms with van der Waals surface area (Å²) in [7, 11) is 0. The number of hydrogen-bond donors (Lipinski definition) is 1. The maximum absolute atomic E-state index is 13.5. The topological polar surface area (TPSA) is 110 Å². The van der Waals surface area contributed by atoms with Crippen LogP contribution >= 0.6 is 0 Å². The molecule has 0 bridgehead atoms. The molecule has 0 amide bonds. The largest absolute Gasteiger partial charge is 0.378 e. The highest BCUT2D eigenvalue weighted by Crippen LogP contribution is 2.30. The van der Waals surface area contributed by atoms with Crippen LogP contribution in [0.2, 0.25) is 0 Å². The van der Waals surface area contributed by atoms with Crippen LogP contribution in [0.3, 0.4) is 0 Å². The predicted molar refractivity (Wildman–Crippen MR) is 138 cm³/mol. The van der Waals surface area contributed by atoms with Gasteiger partial charge < -0.3 is 15.0 Å². The quantitative estimate of drug-likeness (QED) is 0.446. The van der Waals surface area contributed by atoms with Gasteiger partial charge in [-0.2, -0.15) is 0 Å². The van der Waals surface area contributed by atoms with E-state index in [1.165, 1.54) is 6.08 Å². The second-order valence-electron chi connectivity index (χ2n) is 8.57. The Morgan fingerprint density at radius 2 is 1.35 bits per heavy atom. The zero-order chi connectivity index (χ0) is 25.2. The summed E-state index contributed by atoms with van der Waals surface area (Å²) in [5, 5.41) is 3.09. The lowest BCUT2D eigenvalue weighted by atomic mass is 9.99. The van der Waals surface area contributed by atoms with Crippen LogP contribution in [0.25, 0.3) is 22.8 Å². The number of pyridine rings is 2. The molecule has 0 atom stereocenters. The molecule has 1 aliphatic heterocycles. The van der Waals surface area contributed by atoms with Crippen LogP contribution in [0.5, 0.6) is 0 Å². The Bertz CT molecular complexity index is 1500.